The van der Waals surface area contributed by atoms with E-state index in [0.29, 0.717) is 11.3 Å². The minimum Gasteiger partial charge on any atom is -0.466 e. The number of thioether (sulfide) groups is 1. The van der Waals surface area contributed by atoms with E-state index in [1.54, 1.807) is 6.33 Å². The lowest BCUT2D eigenvalue weighted by Gasteiger charge is -2.06. The smallest absolute Gasteiger partial charge is 0.334 e. The maximum Gasteiger partial charge on any atom is 0.334 e. The molecule has 0 unspecified atom stereocenters. The summed E-state index contributed by atoms with van der Waals surface area (Å²) < 4.78 is 6.68. The van der Waals surface area contributed by atoms with E-state index < -0.39 is 0 Å². The largest absolute Gasteiger partial charge is 0.466 e. The molecule has 0 bridgehead atoms. The first-order chi connectivity index (χ1) is 10.6. The molecule has 1 heterocycles. The zero-order valence-corrected chi connectivity index (χ0v) is 13.8. The third-order valence-corrected chi connectivity index (χ3v) is 4.29. The van der Waals surface area contributed by atoms with Crippen molar-refractivity contribution in [3.63, 3.8) is 0 Å². The van der Waals surface area contributed by atoms with Crippen molar-refractivity contribution >= 4 is 23.8 Å². The van der Waals surface area contributed by atoms with Gasteiger partial charge in [0, 0.05) is 18.4 Å². The average molecular weight is 317 g/mol. The van der Waals surface area contributed by atoms with E-state index in [1.807, 2.05) is 29.8 Å². The van der Waals surface area contributed by atoms with E-state index >= 15 is 0 Å². The quantitative estimate of drug-likeness (QED) is 0.466. The van der Waals surface area contributed by atoms with Crippen molar-refractivity contribution in [1.82, 2.24) is 14.8 Å². The zero-order valence-electron chi connectivity index (χ0n) is 12.9. The number of aromatic nitrogens is 3. The molecule has 0 aliphatic rings. The van der Waals surface area contributed by atoms with Crippen LogP contribution < -0.4 is 0 Å². The number of ether oxygens (including phenoxy) is 1. The molecule has 0 saturated heterocycles. The average Bonchev–Trinajstić information content (AvgIpc) is 2.96. The highest BCUT2D eigenvalue weighted by Gasteiger charge is 2.12. The normalized spacial score (nSPS) is 11.5. The molecule has 6 heteroatoms. The summed E-state index contributed by atoms with van der Waals surface area (Å²) >= 11 is 1.45. The topological polar surface area (TPSA) is 57.0 Å². The number of hydrogen-bond donors (Lipinski definition) is 0. The predicted molar refractivity (Wildman–Crippen MR) is 87.5 cm³/mol. The molecule has 22 heavy (non-hydrogen) atoms. The number of carbonyl (C=O) groups is 1. The second-order valence-corrected chi connectivity index (χ2v) is 5.71. The van der Waals surface area contributed by atoms with Crippen molar-refractivity contribution in [2.75, 3.05) is 12.9 Å². The van der Waals surface area contributed by atoms with Gasteiger partial charge in [-0.15, -0.1) is 10.2 Å². The Kier molecular flexibility index (Phi) is 5.77. The fourth-order valence-corrected chi connectivity index (χ4v) is 2.73. The van der Waals surface area contributed by atoms with Crippen LogP contribution in [0.25, 0.3) is 6.08 Å². The van der Waals surface area contributed by atoms with Gasteiger partial charge in [-0.1, -0.05) is 43.0 Å². The minimum atomic E-state index is -0.325. The van der Waals surface area contributed by atoms with Crippen LogP contribution in [0, 0.1) is 0 Å². The van der Waals surface area contributed by atoms with Crippen LogP contribution >= 0.6 is 11.8 Å². The van der Waals surface area contributed by atoms with Gasteiger partial charge in [-0.05, 0) is 23.6 Å². The zero-order chi connectivity index (χ0) is 15.9. The predicted octanol–water partition coefficient (Wildman–Crippen LogP) is 2.73. The lowest BCUT2D eigenvalue weighted by molar-refractivity contribution is -0.135. The Balaban J connectivity index is 2.15. The van der Waals surface area contributed by atoms with E-state index in [9.17, 15) is 4.79 Å². The highest BCUT2D eigenvalue weighted by atomic mass is 32.2. The van der Waals surface area contributed by atoms with Gasteiger partial charge in [0.15, 0.2) is 5.16 Å². The molecule has 2 aromatic rings. The lowest BCUT2D eigenvalue weighted by atomic mass is 10.1. The van der Waals surface area contributed by atoms with Crippen molar-refractivity contribution in [2.45, 2.75) is 18.5 Å². The molecular weight excluding hydrogens is 298 g/mol. The molecule has 1 aromatic heterocycles. The van der Waals surface area contributed by atoms with Gasteiger partial charge < -0.3 is 9.30 Å². The molecule has 0 fully saturated rings. The number of esters is 1. The molecule has 0 aliphatic heterocycles. The van der Waals surface area contributed by atoms with Gasteiger partial charge >= 0.3 is 5.97 Å². The molecule has 0 radical (unpaired) electrons. The summed E-state index contributed by atoms with van der Waals surface area (Å²) in [6.07, 6.45) is 4.48. The summed E-state index contributed by atoms with van der Waals surface area (Å²) in [6.45, 7) is 2.11. The van der Waals surface area contributed by atoms with Crippen LogP contribution in [0.4, 0.5) is 0 Å². The van der Waals surface area contributed by atoms with Crippen molar-refractivity contribution in [3.8, 4) is 0 Å². The Morgan fingerprint density at radius 3 is 2.64 bits per heavy atom. The van der Waals surface area contributed by atoms with Crippen molar-refractivity contribution in [1.29, 1.82) is 0 Å². The van der Waals surface area contributed by atoms with Gasteiger partial charge in [-0.3, -0.25) is 0 Å². The molecule has 5 nitrogen and oxygen atoms in total. The molecular formula is C16H19N3O2S. The standard InChI is InChI=1S/C16H19N3O2S/c1-4-12-5-7-13(8-6-12)9-14(15(20)21-3)10-22-16-18-17-11-19(16)2/h5-9,11H,4,10H2,1-3H3/b14-9+. The fraction of sp³-hybridized carbons (Fsp3) is 0.312. The second kappa shape index (κ2) is 7.79. The number of rotatable bonds is 6. The van der Waals surface area contributed by atoms with E-state index in [0.717, 1.165) is 17.1 Å². The third-order valence-electron chi connectivity index (χ3n) is 3.20. The monoisotopic (exact) mass is 317 g/mol. The summed E-state index contributed by atoms with van der Waals surface area (Å²) in [4.78, 5) is 11.9. The van der Waals surface area contributed by atoms with Crippen LogP contribution in [0.2, 0.25) is 0 Å². The van der Waals surface area contributed by atoms with E-state index in [1.165, 1.54) is 24.4 Å². The molecule has 0 spiro atoms. The first-order valence-electron chi connectivity index (χ1n) is 6.98. The Morgan fingerprint density at radius 2 is 2.09 bits per heavy atom. The first kappa shape index (κ1) is 16.3. The maximum absolute atomic E-state index is 11.9. The molecule has 0 aliphatic carbocycles. The van der Waals surface area contributed by atoms with Crippen LogP contribution in [0.1, 0.15) is 18.1 Å². The van der Waals surface area contributed by atoms with Crippen LogP contribution in [-0.2, 0) is 23.0 Å². The van der Waals surface area contributed by atoms with Crippen LogP contribution in [0.3, 0.4) is 0 Å². The molecule has 1 aromatic carbocycles. The SMILES string of the molecule is CCc1ccc(/C=C(\CSc2nncn2C)C(=O)OC)cc1. The van der Waals surface area contributed by atoms with E-state index in [4.69, 9.17) is 4.74 Å². The van der Waals surface area contributed by atoms with Gasteiger partial charge in [0.25, 0.3) is 0 Å². The summed E-state index contributed by atoms with van der Waals surface area (Å²) in [6, 6.07) is 8.15. The minimum absolute atomic E-state index is 0.325. The third kappa shape index (κ3) is 4.21. The summed E-state index contributed by atoms with van der Waals surface area (Å²) in [5.41, 5.74) is 2.85. The lowest BCUT2D eigenvalue weighted by Crippen LogP contribution is -2.07. The molecule has 116 valence electrons. The van der Waals surface area contributed by atoms with Crippen LogP contribution in [0.15, 0.2) is 41.3 Å². The highest BCUT2D eigenvalue weighted by molar-refractivity contribution is 7.99. The summed E-state index contributed by atoms with van der Waals surface area (Å²) in [5.74, 6) is 0.156. The van der Waals surface area contributed by atoms with Gasteiger partial charge in [-0.2, -0.15) is 0 Å². The number of aryl methyl sites for hydroxylation is 2. The summed E-state index contributed by atoms with van der Waals surface area (Å²) in [5, 5.41) is 8.58. The Hall–Kier alpha value is -2.08. The number of nitrogens with zero attached hydrogens (tertiary/aromatic N) is 3. The van der Waals surface area contributed by atoms with Crippen molar-refractivity contribution in [2.24, 2.45) is 7.05 Å². The number of methoxy groups -OCH3 is 1. The van der Waals surface area contributed by atoms with E-state index in [-0.39, 0.29) is 5.97 Å². The molecule has 0 N–H and O–H groups in total. The summed E-state index contributed by atoms with van der Waals surface area (Å²) in [7, 11) is 3.26. The molecule has 2 rings (SSSR count). The Labute approximate surface area is 134 Å². The Morgan fingerprint density at radius 1 is 1.36 bits per heavy atom. The number of carbonyl (C=O) groups excluding carboxylic acids is 1. The van der Waals surface area contributed by atoms with Gasteiger partial charge in [0.2, 0.25) is 0 Å². The van der Waals surface area contributed by atoms with Crippen molar-refractivity contribution in [3.05, 3.63) is 47.3 Å². The Bertz CT molecular complexity index is 662. The second-order valence-electron chi connectivity index (χ2n) is 4.77. The fourth-order valence-electron chi connectivity index (χ4n) is 1.89. The van der Waals surface area contributed by atoms with Gasteiger partial charge in [0.05, 0.1) is 7.11 Å². The highest BCUT2D eigenvalue weighted by Crippen LogP contribution is 2.20. The van der Waals surface area contributed by atoms with Gasteiger partial charge in [-0.25, -0.2) is 4.79 Å². The van der Waals surface area contributed by atoms with Crippen LogP contribution in [-0.4, -0.2) is 33.6 Å². The molecule has 0 atom stereocenters. The van der Waals surface area contributed by atoms with Crippen molar-refractivity contribution < 1.29 is 9.53 Å². The number of benzene rings is 1. The first-order valence-corrected chi connectivity index (χ1v) is 7.97. The molecule has 0 amide bonds. The van der Waals surface area contributed by atoms with Gasteiger partial charge in [0.1, 0.15) is 6.33 Å². The van der Waals surface area contributed by atoms with Crippen LogP contribution in [0.5, 0.6) is 0 Å². The maximum atomic E-state index is 11.9. The number of hydrogen-bond acceptors (Lipinski definition) is 5. The van der Waals surface area contributed by atoms with E-state index in [2.05, 4.69) is 29.3 Å². The molecule has 0 saturated carbocycles.